The average molecular weight is 478 g/mol. The number of piperazine rings is 1. The zero-order chi connectivity index (χ0) is 24.7. The van der Waals surface area contributed by atoms with Crippen LogP contribution in [0.15, 0.2) is 42.6 Å². The lowest BCUT2D eigenvalue weighted by molar-refractivity contribution is -0.138. The molecule has 3 heterocycles. The topological polar surface area (TPSA) is 86.2 Å². The number of carbonyl (C=O) groups is 2. The maximum atomic E-state index is 13.3. The van der Waals surface area contributed by atoms with Crippen molar-refractivity contribution in [1.82, 2.24) is 9.88 Å². The van der Waals surface area contributed by atoms with Crippen molar-refractivity contribution in [3.05, 3.63) is 53.7 Å². The maximum Gasteiger partial charge on any atom is 0.417 e. The number of amides is 2. The van der Waals surface area contributed by atoms with Crippen LogP contribution in [0.25, 0.3) is 0 Å². The highest BCUT2D eigenvalue weighted by atomic mass is 19.4. The first-order chi connectivity index (χ1) is 15.9. The monoisotopic (exact) mass is 478 g/mol. The van der Waals surface area contributed by atoms with E-state index in [-0.39, 0.29) is 25.2 Å². The third-order valence-corrected chi connectivity index (χ3v) is 6.00. The van der Waals surface area contributed by atoms with Gasteiger partial charge in [0.2, 0.25) is 0 Å². The zero-order valence-corrected chi connectivity index (χ0v) is 18.7. The van der Waals surface area contributed by atoms with Gasteiger partial charge in [0.05, 0.1) is 35.2 Å². The number of alkyl halides is 3. The third kappa shape index (κ3) is 4.79. The van der Waals surface area contributed by atoms with Crippen molar-refractivity contribution >= 4 is 23.5 Å². The smallest absolute Gasteiger partial charge is 0.417 e. The Kier molecular flexibility index (Phi) is 6.15. The molecule has 2 aliphatic heterocycles. The fourth-order valence-corrected chi connectivity index (χ4v) is 3.99. The van der Waals surface area contributed by atoms with Gasteiger partial charge in [-0.05, 0) is 38.1 Å². The minimum absolute atomic E-state index is 0.198. The van der Waals surface area contributed by atoms with Gasteiger partial charge < -0.3 is 19.6 Å². The number of nitrogens with zero attached hydrogens (tertiary/aromatic N) is 4. The van der Waals surface area contributed by atoms with Crippen molar-refractivity contribution in [2.75, 3.05) is 42.5 Å². The number of carbonyl (C=O) groups excluding carboxylic acids is 2. The minimum atomic E-state index is -4.60. The molecular formula is C23H25F3N4O4. The van der Waals surface area contributed by atoms with E-state index >= 15 is 0 Å². The van der Waals surface area contributed by atoms with E-state index in [0.29, 0.717) is 24.6 Å². The van der Waals surface area contributed by atoms with E-state index in [4.69, 9.17) is 4.74 Å². The second-order valence-corrected chi connectivity index (χ2v) is 8.83. The summed E-state index contributed by atoms with van der Waals surface area (Å²) in [7, 11) is 0. The summed E-state index contributed by atoms with van der Waals surface area (Å²) in [6.07, 6.45) is -4.30. The fraction of sp³-hybridized carbons (Fsp3) is 0.435. The molecule has 34 heavy (non-hydrogen) atoms. The number of benzene rings is 1. The largest absolute Gasteiger partial charge is 0.441 e. The van der Waals surface area contributed by atoms with Gasteiger partial charge in [0, 0.05) is 26.2 Å². The van der Waals surface area contributed by atoms with E-state index in [2.05, 4.69) is 4.98 Å². The molecule has 2 saturated heterocycles. The van der Waals surface area contributed by atoms with Gasteiger partial charge in [0.1, 0.15) is 11.9 Å². The van der Waals surface area contributed by atoms with Crippen molar-refractivity contribution in [3.63, 3.8) is 0 Å². The number of anilines is 2. The van der Waals surface area contributed by atoms with Crippen LogP contribution in [0.3, 0.4) is 0 Å². The first kappa shape index (κ1) is 23.8. The Balaban J connectivity index is 1.39. The van der Waals surface area contributed by atoms with E-state index in [1.54, 1.807) is 26.0 Å². The highest BCUT2D eigenvalue weighted by Crippen LogP contribution is 2.33. The van der Waals surface area contributed by atoms with Crippen LogP contribution < -0.4 is 9.80 Å². The number of hydrogen-bond acceptors (Lipinski definition) is 6. The van der Waals surface area contributed by atoms with Gasteiger partial charge in [-0.3, -0.25) is 9.69 Å². The van der Waals surface area contributed by atoms with E-state index in [1.165, 1.54) is 34.2 Å². The molecule has 1 N–H and O–H groups in total. The van der Waals surface area contributed by atoms with Crippen LogP contribution in [0.1, 0.15) is 29.8 Å². The van der Waals surface area contributed by atoms with Crippen LogP contribution in [-0.2, 0) is 10.9 Å². The third-order valence-electron chi connectivity index (χ3n) is 6.00. The second kappa shape index (κ2) is 8.79. The molecule has 182 valence electrons. The van der Waals surface area contributed by atoms with E-state index in [1.807, 2.05) is 4.90 Å². The summed E-state index contributed by atoms with van der Waals surface area (Å²) in [6, 6.07) is 8.24. The van der Waals surface area contributed by atoms with Gasteiger partial charge in [-0.25, -0.2) is 9.78 Å². The molecule has 4 rings (SSSR count). The zero-order valence-electron chi connectivity index (χ0n) is 18.7. The summed E-state index contributed by atoms with van der Waals surface area (Å²) in [4.78, 5) is 34.1. The Labute approximate surface area is 194 Å². The number of aliphatic hydroxyl groups is 1. The molecule has 2 aliphatic rings. The van der Waals surface area contributed by atoms with Crippen LogP contribution >= 0.6 is 0 Å². The summed E-state index contributed by atoms with van der Waals surface area (Å²) < 4.78 is 45.1. The van der Waals surface area contributed by atoms with Crippen molar-refractivity contribution < 1.29 is 32.6 Å². The van der Waals surface area contributed by atoms with E-state index in [0.717, 1.165) is 6.07 Å². The first-order valence-corrected chi connectivity index (χ1v) is 10.8. The first-order valence-electron chi connectivity index (χ1n) is 10.8. The average Bonchev–Trinajstić information content (AvgIpc) is 3.20. The Morgan fingerprint density at radius 1 is 1.09 bits per heavy atom. The Morgan fingerprint density at radius 2 is 1.76 bits per heavy atom. The molecule has 0 bridgehead atoms. The molecule has 1 aromatic heterocycles. The lowest BCUT2D eigenvalue weighted by Gasteiger charge is -2.35. The number of cyclic esters (lactones) is 1. The lowest BCUT2D eigenvalue weighted by atomic mass is 10.0. The molecule has 2 aromatic rings. The van der Waals surface area contributed by atoms with Crippen LogP contribution in [0, 0.1) is 0 Å². The highest BCUT2D eigenvalue weighted by molar-refractivity contribution is 5.96. The van der Waals surface area contributed by atoms with Crippen LogP contribution in [-0.4, -0.2) is 71.4 Å². The van der Waals surface area contributed by atoms with Crippen LogP contribution in [0.4, 0.5) is 29.5 Å². The van der Waals surface area contributed by atoms with Crippen molar-refractivity contribution in [3.8, 4) is 0 Å². The molecule has 0 aliphatic carbocycles. The number of halogens is 3. The molecule has 0 saturated carbocycles. The molecule has 1 aromatic carbocycles. The summed E-state index contributed by atoms with van der Waals surface area (Å²) in [5.74, 6) is -0.0251. The van der Waals surface area contributed by atoms with Crippen molar-refractivity contribution in [2.45, 2.75) is 31.7 Å². The molecule has 2 fully saturated rings. The SMILES string of the molecule is CC(C)(O)C1CN(c2ccc(N3CCN(C(=O)c4ccccc4C(F)(F)F)CC3)nc2)C(=O)O1. The van der Waals surface area contributed by atoms with Crippen LogP contribution in [0.5, 0.6) is 0 Å². The molecule has 0 radical (unpaired) electrons. The molecule has 1 unspecified atom stereocenters. The fourth-order valence-electron chi connectivity index (χ4n) is 3.99. The maximum absolute atomic E-state index is 13.3. The van der Waals surface area contributed by atoms with Gasteiger partial charge in [0.15, 0.2) is 0 Å². The predicted octanol–water partition coefficient (Wildman–Crippen LogP) is 3.16. The van der Waals surface area contributed by atoms with Gasteiger partial charge in [-0.1, -0.05) is 12.1 Å². The van der Waals surface area contributed by atoms with E-state index in [9.17, 15) is 27.9 Å². The molecule has 2 amide bonds. The summed E-state index contributed by atoms with van der Waals surface area (Å²) in [5.41, 5.74) is -1.94. The minimum Gasteiger partial charge on any atom is -0.441 e. The van der Waals surface area contributed by atoms with Gasteiger partial charge in [0.25, 0.3) is 5.91 Å². The summed E-state index contributed by atoms with van der Waals surface area (Å²) in [5, 5.41) is 10.1. The predicted molar refractivity (Wildman–Crippen MR) is 118 cm³/mol. The summed E-state index contributed by atoms with van der Waals surface area (Å²) in [6.45, 7) is 4.64. The normalized spacial score (nSPS) is 19.4. The number of aromatic nitrogens is 1. The van der Waals surface area contributed by atoms with Crippen molar-refractivity contribution in [2.24, 2.45) is 0 Å². The lowest BCUT2D eigenvalue weighted by Crippen LogP contribution is -2.49. The highest BCUT2D eigenvalue weighted by Gasteiger charge is 2.41. The van der Waals surface area contributed by atoms with Gasteiger partial charge in [-0.15, -0.1) is 0 Å². The standard InChI is InChI=1S/C23H25F3N4O4/c1-22(2,33)18-14-30(21(32)34-18)15-7-8-19(27-13-15)28-9-11-29(12-10-28)20(31)16-5-3-4-6-17(16)23(24,25)26/h3-8,13,18,33H,9-12,14H2,1-2H3. The number of pyridine rings is 1. The molecule has 8 nitrogen and oxygen atoms in total. The molecular weight excluding hydrogens is 453 g/mol. The second-order valence-electron chi connectivity index (χ2n) is 8.83. The summed E-state index contributed by atoms with van der Waals surface area (Å²) >= 11 is 0. The Bertz CT molecular complexity index is 1060. The van der Waals surface area contributed by atoms with E-state index < -0.39 is 35.4 Å². The number of rotatable bonds is 4. The number of hydrogen-bond donors (Lipinski definition) is 1. The van der Waals surface area contributed by atoms with Crippen molar-refractivity contribution in [1.29, 1.82) is 0 Å². The van der Waals surface area contributed by atoms with Gasteiger partial charge >= 0.3 is 12.3 Å². The van der Waals surface area contributed by atoms with Gasteiger partial charge in [-0.2, -0.15) is 13.2 Å². The Morgan fingerprint density at radius 3 is 2.32 bits per heavy atom. The quantitative estimate of drug-likeness (QED) is 0.727. The molecule has 0 spiro atoms. The van der Waals surface area contributed by atoms with Crippen LogP contribution in [0.2, 0.25) is 0 Å². The molecule has 1 atom stereocenters. The Hall–Kier alpha value is -3.34. The molecule has 11 heteroatoms. The number of ether oxygens (including phenoxy) is 1.